The van der Waals surface area contributed by atoms with Gasteiger partial charge in [0.05, 0.1) is 0 Å². The van der Waals surface area contributed by atoms with Crippen LogP contribution in [0.25, 0.3) is 0 Å². The van der Waals surface area contributed by atoms with E-state index in [0.29, 0.717) is 18.0 Å². The zero-order chi connectivity index (χ0) is 18.1. The molecule has 0 aliphatic carbocycles. The second-order valence-electron chi connectivity index (χ2n) is 7.83. The van der Waals surface area contributed by atoms with E-state index in [1.165, 1.54) is 35.2 Å². The Labute approximate surface area is 161 Å². The molecule has 0 unspecified atom stereocenters. The first-order valence-corrected chi connectivity index (χ1v) is 10.1. The minimum atomic E-state index is 0.484. The number of benzene rings is 3. The van der Waals surface area contributed by atoms with Crippen molar-refractivity contribution in [1.29, 1.82) is 0 Å². The van der Waals surface area contributed by atoms with Crippen LogP contribution in [0.15, 0.2) is 84.9 Å². The highest BCUT2D eigenvalue weighted by molar-refractivity contribution is 5.45. The Hall–Kier alpha value is -2.58. The van der Waals surface area contributed by atoms with Gasteiger partial charge in [-0.2, -0.15) is 0 Å². The Balaban J connectivity index is 1.43. The Kier molecular flexibility index (Phi) is 4.43. The lowest BCUT2D eigenvalue weighted by Gasteiger charge is -2.46. The highest BCUT2D eigenvalue weighted by Crippen LogP contribution is 2.43. The van der Waals surface area contributed by atoms with Crippen molar-refractivity contribution < 1.29 is 0 Å². The summed E-state index contributed by atoms with van der Waals surface area (Å²) in [5.74, 6) is 0.484. The second-order valence-corrected chi connectivity index (χ2v) is 7.83. The molecule has 2 aliphatic heterocycles. The van der Waals surface area contributed by atoms with Crippen LogP contribution in [0.5, 0.6) is 0 Å². The fraction of sp³-hybridized carbons (Fsp3) is 0.280. The van der Waals surface area contributed by atoms with Gasteiger partial charge in [0.2, 0.25) is 0 Å². The van der Waals surface area contributed by atoms with E-state index in [0.717, 1.165) is 13.1 Å². The zero-order valence-electron chi connectivity index (χ0n) is 15.6. The summed E-state index contributed by atoms with van der Waals surface area (Å²) < 4.78 is 0. The van der Waals surface area contributed by atoms with Gasteiger partial charge in [-0.3, -0.25) is 4.90 Å². The molecule has 0 spiro atoms. The number of nitrogens with zero attached hydrogens (tertiary/aromatic N) is 1. The Morgan fingerprint density at radius 2 is 1.41 bits per heavy atom. The van der Waals surface area contributed by atoms with Gasteiger partial charge >= 0.3 is 0 Å². The average molecular weight is 354 g/mol. The summed E-state index contributed by atoms with van der Waals surface area (Å²) in [5.41, 5.74) is 5.72. The van der Waals surface area contributed by atoms with Gasteiger partial charge in [0, 0.05) is 36.8 Å². The lowest BCUT2D eigenvalue weighted by molar-refractivity contribution is 0.123. The molecule has 2 nitrogen and oxygen atoms in total. The molecule has 0 bridgehead atoms. The Morgan fingerprint density at radius 1 is 0.741 bits per heavy atom. The Morgan fingerprint density at radius 3 is 2.19 bits per heavy atom. The molecular weight excluding hydrogens is 328 g/mol. The molecule has 3 atom stereocenters. The number of hydrogen-bond acceptors (Lipinski definition) is 2. The van der Waals surface area contributed by atoms with E-state index in [1.54, 1.807) is 0 Å². The summed E-state index contributed by atoms with van der Waals surface area (Å²) in [5, 5.41) is 3.76. The van der Waals surface area contributed by atoms with Gasteiger partial charge in [-0.25, -0.2) is 0 Å². The lowest BCUT2D eigenvalue weighted by Crippen LogP contribution is -2.46. The van der Waals surface area contributed by atoms with Crippen molar-refractivity contribution in [1.82, 2.24) is 4.90 Å². The fourth-order valence-electron chi connectivity index (χ4n) is 4.89. The van der Waals surface area contributed by atoms with E-state index in [1.807, 2.05) is 0 Å². The molecule has 3 aromatic carbocycles. The first-order valence-electron chi connectivity index (χ1n) is 10.1. The topological polar surface area (TPSA) is 15.3 Å². The molecule has 5 rings (SSSR count). The normalized spacial score (nSPS) is 24.7. The molecule has 27 heavy (non-hydrogen) atoms. The molecule has 0 amide bonds. The number of rotatable bonds is 3. The third kappa shape index (κ3) is 3.26. The smallest absolute Gasteiger partial charge is 0.0370 e. The van der Waals surface area contributed by atoms with Crippen LogP contribution in [0.2, 0.25) is 0 Å². The minimum Gasteiger partial charge on any atom is -0.382 e. The predicted octanol–water partition coefficient (Wildman–Crippen LogP) is 5.45. The highest BCUT2D eigenvalue weighted by Gasteiger charge is 2.37. The maximum absolute atomic E-state index is 3.76. The number of para-hydroxylation sites is 1. The lowest BCUT2D eigenvalue weighted by atomic mass is 9.78. The van der Waals surface area contributed by atoms with Crippen molar-refractivity contribution in [2.24, 2.45) is 0 Å². The van der Waals surface area contributed by atoms with Crippen LogP contribution < -0.4 is 5.32 Å². The maximum atomic E-state index is 3.76. The quantitative estimate of drug-likeness (QED) is 0.673. The van der Waals surface area contributed by atoms with E-state index in [2.05, 4.69) is 95.1 Å². The van der Waals surface area contributed by atoms with Crippen molar-refractivity contribution >= 4 is 5.69 Å². The van der Waals surface area contributed by atoms with Gasteiger partial charge in [0.15, 0.2) is 0 Å². The number of nitrogens with one attached hydrogen (secondary N) is 1. The third-order valence-electron chi connectivity index (χ3n) is 6.21. The summed E-state index contributed by atoms with van der Waals surface area (Å²) in [7, 11) is 0. The van der Waals surface area contributed by atoms with Crippen LogP contribution >= 0.6 is 0 Å². The predicted molar refractivity (Wildman–Crippen MR) is 112 cm³/mol. The second kappa shape index (κ2) is 7.21. The monoisotopic (exact) mass is 354 g/mol. The summed E-state index contributed by atoms with van der Waals surface area (Å²) in [6.45, 7) is 2.29. The molecule has 0 saturated carbocycles. The largest absolute Gasteiger partial charge is 0.382 e. The van der Waals surface area contributed by atoms with E-state index in [9.17, 15) is 0 Å². The van der Waals surface area contributed by atoms with Gasteiger partial charge in [-0.15, -0.1) is 0 Å². The van der Waals surface area contributed by atoms with Crippen LogP contribution in [-0.2, 0) is 0 Å². The van der Waals surface area contributed by atoms with Crippen molar-refractivity contribution in [3.8, 4) is 0 Å². The molecule has 136 valence electrons. The minimum absolute atomic E-state index is 0.484. The van der Waals surface area contributed by atoms with Gasteiger partial charge in [-0.05, 0) is 41.7 Å². The summed E-state index contributed by atoms with van der Waals surface area (Å²) in [4.78, 5) is 2.71. The molecule has 1 fully saturated rings. The van der Waals surface area contributed by atoms with Crippen molar-refractivity contribution in [2.75, 3.05) is 18.4 Å². The van der Waals surface area contributed by atoms with E-state index in [4.69, 9.17) is 0 Å². The van der Waals surface area contributed by atoms with Gasteiger partial charge in [0.25, 0.3) is 0 Å². The zero-order valence-corrected chi connectivity index (χ0v) is 15.6. The van der Waals surface area contributed by atoms with E-state index >= 15 is 0 Å². The number of fused-ring (bicyclic) bond motifs is 3. The molecule has 0 aromatic heterocycles. The SMILES string of the molecule is c1ccc(N[C@@H]2CCN3C[C@@H](c4ccccc4)c4ccccc4[C@@H]3C2)cc1. The summed E-state index contributed by atoms with van der Waals surface area (Å²) >= 11 is 0. The molecule has 2 heterocycles. The number of hydrogen-bond donors (Lipinski definition) is 1. The van der Waals surface area contributed by atoms with Crippen molar-refractivity contribution in [3.05, 3.63) is 102 Å². The fourth-order valence-corrected chi connectivity index (χ4v) is 4.89. The first kappa shape index (κ1) is 16.6. The van der Waals surface area contributed by atoms with Crippen LogP contribution in [-0.4, -0.2) is 24.0 Å². The average Bonchev–Trinajstić information content (AvgIpc) is 2.75. The van der Waals surface area contributed by atoms with E-state index < -0.39 is 0 Å². The van der Waals surface area contributed by atoms with E-state index in [-0.39, 0.29) is 0 Å². The van der Waals surface area contributed by atoms with Crippen LogP contribution in [0, 0.1) is 0 Å². The maximum Gasteiger partial charge on any atom is 0.0370 e. The molecule has 1 N–H and O–H groups in total. The summed E-state index contributed by atoms with van der Waals surface area (Å²) in [6, 6.07) is 31.8. The van der Waals surface area contributed by atoms with Crippen molar-refractivity contribution in [3.63, 3.8) is 0 Å². The van der Waals surface area contributed by atoms with Crippen LogP contribution in [0.1, 0.15) is 41.5 Å². The highest BCUT2D eigenvalue weighted by atomic mass is 15.2. The third-order valence-corrected chi connectivity index (χ3v) is 6.21. The first-order chi connectivity index (χ1) is 13.4. The van der Waals surface area contributed by atoms with Gasteiger partial charge in [0.1, 0.15) is 0 Å². The van der Waals surface area contributed by atoms with Crippen molar-refractivity contribution in [2.45, 2.75) is 30.8 Å². The molecule has 2 aliphatic rings. The van der Waals surface area contributed by atoms with Crippen LogP contribution in [0.3, 0.4) is 0 Å². The van der Waals surface area contributed by atoms with Gasteiger partial charge < -0.3 is 5.32 Å². The van der Waals surface area contributed by atoms with Crippen LogP contribution in [0.4, 0.5) is 5.69 Å². The number of piperidine rings is 1. The molecule has 2 heteroatoms. The standard InChI is InChI=1S/C25H26N2/c1-3-9-19(10-4-1)24-18-27-16-15-21(26-20-11-5-2-6-12-20)17-25(27)23-14-8-7-13-22(23)24/h1-14,21,24-26H,15-18H2/t21-,24+,25+/m1/s1. The molecule has 1 saturated heterocycles. The van der Waals surface area contributed by atoms with Gasteiger partial charge in [-0.1, -0.05) is 72.8 Å². The Bertz CT molecular complexity index is 890. The molecule has 3 aromatic rings. The molecule has 0 radical (unpaired) electrons. The molecular formula is C25H26N2. The summed E-state index contributed by atoms with van der Waals surface area (Å²) in [6.07, 6.45) is 2.38. The number of anilines is 1.